The highest BCUT2D eigenvalue weighted by Crippen LogP contribution is 2.45. The molecule has 0 amide bonds. The second kappa shape index (κ2) is 12.4. The number of carboxylic acid groups (broad SMARTS) is 1. The summed E-state index contributed by atoms with van der Waals surface area (Å²) in [6.07, 6.45) is -3.65. The van der Waals surface area contributed by atoms with Crippen molar-refractivity contribution in [1.82, 2.24) is 19.9 Å². The van der Waals surface area contributed by atoms with E-state index in [1.54, 1.807) is 0 Å². The Labute approximate surface area is 254 Å². The largest absolute Gasteiger partial charge is 0.481 e. The number of hydrogen-bond donors (Lipinski definition) is 2. The van der Waals surface area contributed by atoms with Crippen molar-refractivity contribution in [3.63, 3.8) is 0 Å². The molecule has 1 aliphatic carbocycles. The molecule has 3 aromatic rings. The zero-order valence-corrected chi connectivity index (χ0v) is 25.8. The topological polar surface area (TPSA) is 118 Å². The zero-order valence-electron chi connectivity index (χ0n) is 23.4. The number of halogens is 6. The predicted molar refractivity (Wildman–Crippen MR) is 154 cm³/mol. The van der Waals surface area contributed by atoms with Crippen LogP contribution in [0.25, 0.3) is 21.3 Å². The highest BCUT2D eigenvalue weighted by molar-refractivity contribution is 7.98. The molecule has 16 heteroatoms. The van der Waals surface area contributed by atoms with Crippen LogP contribution < -0.4 is 4.72 Å². The van der Waals surface area contributed by atoms with Crippen molar-refractivity contribution in [3.8, 4) is 21.3 Å². The van der Waals surface area contributed by atoms with E-state index in [1.165, 1.54) is 19.9 Å². The molecule has 8 nitrogen and oxygen atoms in total. The molecule has 2 N–H and O–H groups in total. The Hall–Kier alpha value is -2.62. The molecule has 0 aliphatic heterocycles. The fourth-order valence-corrected chi connectivity index (χ4v) is 7.99. The molecule has 1 fully saturated rings. The van der Waals surface area contributed by atoms with Crippen molar-refractivity contribution in [2.75, 3.05) is 0 Å². The van der Waals surface area contributed by atoms with Crippen molar-refractivity contribution < 1.29 is 40.5 Å². The maximum Gasteiger partial charge on any atom is 0.404 e. The fourth-order valence-electron chi connectivity index (χ4n) is 4.80. The summed E-state index contributed by atoms with van der Waals surface area (Å²) in [6.45, 7) is 3.74. The smallest absolute Gasteiger partial charge is 0.404 e. The number of thiazole rings is 1. The average Bonchev–Trinajstić information content (AvgIpc) is 3.64. The minimum atomic E-state index is -4.76. The first kappa shape index (κ1) is 33.3. The molecule has 43 heavy (non-hydrogen) atoms. The highest BCUT2D eigenvalue weighted by Gasteiger charge is 2.38. The molecule has 1 aliphatic rings. The summed E-state index contributed by atoms with van der Waals surface area (Å²) in [5.41, 5.74) is -1.45. The molecule has 2 atom stereocenters. The predicted octanol–water partition coefficient (Wildman–Crippen LogP) is 7.37. The zero-order chi connectivity index (χ0) is 31.9. The van der Waals surface area contributed by atoms with Crippen LogP contribution in [0.1, 0.15) is 70.0 Å². The van der Waals surface area contributed by atoms with Gasteiger partial charge in [-0.2, -0.15) is 13.2 Å². The summed E-state index contributed by atoms with van der Waals surface area (Å²) in [4.78, 5) is 16.0. The molecular formula is C27H30ClF5N4O4S2. The van der Waals surface area contributed by atoms with Crippen molar-refractivity contribution in [3.05, 3.63) is 34.3 Å². The lowest BCUT2D eigenvalue weighted by atomic mass is 9.90. The molecule has 0 saturated heterocycles. The van der Waals surface area contributed by atoms with Crippen molar-refractivity contribution in [2.45, 2.75) is 82.8 Å². The van der Waals surface area contributed by atoms with Gasteiger partial charge in [-0.3, -0.25) is 4.79 Å². The third kappa shape index (κ3) is 7.37. The van der Waals surface area contributed by atoms with E-state index >= 15 is 0 Å². The highest BCUT2D eigenvalue weighted by atomic mass is 35.5. The second-order valence-electron chi connectivity index (χ2n) is 11.2. The number of nitrogens with zero attached hydrogens (tertiary/aromatic N) is 3. The summed E-state index contributed by atoms with van der Waals surface area (Å²) >= 11 is 7.34. The van der Waals surface area contributed by atoms with Gasteiger partial charge in [0.25, 0.3) is 12.3 Å². The molecule has 1 aromatic carbocycles. The van der Waals surface area contributed by atoms with E-state index < -0.39 is 55.2 Å². The summed E-state index contributed by atoms with van der Waals surface area (Å²) in [7, 11) is -3.94. The van der Waals surface area contributed by atoms with Gasteiger partial charge in [0.1, 0.15) is 6.04 Å². The number of alkyl halides is 5. The van der Waals surface area contributed by atoms with Crippen LogP contribution in [0.2, 0.25) is 5.02 Å². The van der Waals surface area contributed by atoms with Gasteiger partial charge in [0.05, 0.1) is 35.6 Å². The van der Waals surface area contributed by atoms with Gasteiger partial charge in [-0.25, -0.2) is 22.7 Å². The van der Waals surface area contributed by atoms with Crippen LogP contribution in [0.5, 0.6) is 0 Å². The average molecular weight is 669 g/mol. The van der Waals surface area contributed by atoms with Crippen LogP contribution in [0.3, 0.4) is 0 Å². The molecule has 0 radical (unpaired) electrons. The maximum atomic E-state index is 14.6. The molecule has 1 unspecified atom stereocenters. The monoisotopic (exact) mass is 668 g/mol. The SMILES string of the molecule is C=S(=O)(N[C@@H](C)C(F)(F)F)c1ccc(-c2sc(-c3nnc(CC(C)(C)C(=O)O)o3)nc2CC2CCCC2)c(C(F)F)c1Cl. The quantitative estimate of drug-likeness (QED) is 0.162. The Bertz CT molecular complexity index is 1600. The molecule has 2 heterocycles. The Balaban J connectivity index is 1.80. The molecule has 2 aromatic heterocycles. The van der Waals surface area contributed by atoms with Gasteiger partial charge >= 0.3 is 12.1 Å². The van der Waals surface area contributed by atoms with Gasteiger partial charge in [-0.1, -0.05) is 43.4 Å². The third-order valence-electron chi connectivity index (χ3n) is 7.30. The first-order valence-electron chi connectivity index (χ1n) is 13.3. The standard InChI is InChI=1S/C27H30ClF5N4O4S2/c1-13(27(31,32)33)37-43(4,40)17-10-9-15(19(20(17)28)22(29)30)21-16(11-14-7-5-6-8-14)34-24(42-21)23-36-35-18(41-23)12-26(2,3)25(38)39/h9-10,13-14,22H,4-8,11-12H2,1-3H3,(H,37,40)(H,38,39)/t13-,43?/m0/s1. The normalized spacial score (nSPS) is 17.0. The first-order chi connectivity index (χ1) is 19.9. The maximum absolute atomic E-state index is 14.6. The Morgan fingerprint density at radius 3 is 2.49 bits per heavy atom. The Morgan fingerprint density at radius 2 is 1.91 bits per heavy atom. The minimum absolute atomic E-state index is 0.0208. The van der Waals surface area contributed by atoms with Crippen LogP contribution in [-0.4, -0.2) is 48.6 Å². The van der Waals surface area contributed by atoms with Crippen LogP contribution >= 0.6 is 22.9 Å². The molecule has 0 bridgehead atoms. The minimum Gasteiger partial charge on any atom is -0.481 e. The number of aliphatic carboxylic acids is 1. The van der Waals surface area contributed by atoms with E-state index in [4.69, 9.17) is 16.0 Å². The number of nitrogens with one attached hydrogen (secondary N) is 1. The number of aromatic nitrogens is 3. The van der Waals surface area contributed by atoms with Gasteiger partial charge in [0.2, 0.25) is 5.89 Å². The van der Waals surface area contributed by atoms with Gasteiger partial charge in [-0.15, -0.1) is 21.5 Å². The van der Waals surface area contributed by atoms with Crippen LogP contribution in [0.4, 0.5) is 22.0 Å². The third-order valence-corrected chi connectivity index (χ3v) is 10.7. The summed E-state index contributed by atoms with van der Waals surface area (Å²) in [5, 5.41) is 16.9. The first-order valence-corrected chi connectivity index (χ1v) is 16.2. The van der Waals surface area contributed by atoms with Crippen LogP contribution in [-0.2, 0) is 27.3 Å². The molecule has 1 saturated carbocycles. The van der Waals surface area contributed by atoms with Crippen LogP contribution in [0, 0.1) is 11.3 Å². The van der Waals surface area contributed by atoms with Crippen molar-refractivity contribution >= 4 is 44.5 Å². The van der Waals surface area contributed by atoms with E-state index in [0.717, 1.165) is 50.0 Å². The lowest BCUT2D eigenvalue weighted by molar-refractivity contribution is -0.147. The molecule has 236 valence electrons. The van der Waals surface area contributed by atoms with E-state index in [-0.39, 0.29) is 34.7 Å². The van der Waals surface area contributed by atoms with E-state index in [2.05, 4.69) is 21.1 Å². The van der Waals surface area contributed by atoms with Gasteiger partial charge < -0.3 is 9.52 Å². The molecule has 0 spiro atoms. The summed E-state index contributed by atoms with van der Waals surface area (Å²) in [5.74, 6) is 2.57. The van der Waals surface area contributed by atoms with Crippen LogP contribution in [0.15, 0.2) is 21.4 Å². The van der Waals surface area contributed by atoms with E-state index in [1.807, 2.05) is 4.72 Å². The number of rotatable bonds is 11. The van der Waals surface area contributed by atoms with E-state index in [9.17, 15) is 36.1 Å². The van der Waals surface area contributed by atoms with E-state index in [0.29, 0.717) is 17.0 Å². The molecule has 4 rings (SSSR count). The fraction of sp³-hybridized carbons (Fsp3) is 0.519. The van der Waals surface area contributed by atoms with Gasteiger partial charge in [0.15, 0.2) is 5.01 Å². The van der Waals surface area contributed by atoms with Crippen molar-refractivity contribution in [1.29, 1.82) is 0 Å². The Morgan fingerprint density at radius 1 is 1.26 bits per heavy atom. The van der Waals surface area contributed by atoms with Crippen molar-refractivity contribution in [2.24, 2.45) is 11.3 Å². The Kier molecular flexibility index (Phi) is 9.60. The van der Waals surface area contributed by atoms with Gasteiger partial charge in [-0.05, 0) is 45.0 Å². The lowest BCUT2D eigenvalue weighted by Crippen LogP contribution is -2.43. The van der Waals surface area contributed by atoms with Gasteiger partial charge in [0, 0.05) is 17.5 Å². The second-order valence-corrected chi connectivity index (χ2v) is 14.6. The summed E-state index contributed by atoms with van der Waals surface area (Å²) < 4.78 is 89.4. The summed E-state index contributed by atoms with van der Waals surface area (Å²) in [6, 6.07) is 0.120. The lowest BCUT2D eigenvalue weighted by Gasteiger charge is -2.22. The number of carbonyl (C=O) groups is 1. The number of hydrogen-bond acceptors (Lipinski definition) is 7. The number of benzene rings is 1. The molecular weight excluding hydrogens is 639 g/mol. The number of carboxylic acids is 1.